The first kappa shape index (κ1) is 16.4. The number of carboxylic acid groups (broad SMARTS) is 1. The molecule has 0 unspecified atom stereocenters. The Hall–Kier alpha value is -1.44. The molecule has 1 fully saturated rings. The summed E-state index contributed by atoms with van der Waals surface area (Å²) in [4.78, 5) is 15.3. The summed E-state index contributed by atoms with van der Waals surface area (Å²) in [6.45, 7) is 0. The first-order valence-electron chi connectivity index (χ1n) is 7.49. The number of rotatable bonds is 5. The quantitative estimate of drug-likeness (QED) is 0.790. The summed E-state index contributed by atoms with van der Waals surface area (Å²) in [7, 11) is 0. The monoisotopic (exact) mass is 352 g/mol. The van der Waals surface area contributed by atoms with Crippen molar-refractivity contribution in [3.05, 3.63) is 36.3 Å². The summed E-state index contributed by atoms with van der Waals surface area (Å²) in [6.07, 6.45) is 5.04. The van der Waals surface area contributed by atoms with Crippen molar-refractivity contribution in [2.45, 2.75) is 35.9 Å². The van der Waals surface area contributed by atoms with E-state index in [0.717, 1.165) is 40.5 Å². The molecular formula is C16H17FN2O2S2. The Morgan fingerprint density at radius 1 is 1.26 bits per heavy atom. The molecular weight excluding hydrogens is 335 g/mol. The third-order valence-electron chi connectivity index (χ3n) is 3.98. The van der Waals surface area contributed by atoms with Crippen LogP contribution in [-0.4, -0.2) is 22.1 Å². The summed E-state index contributed by atoms with van der Waals surface area (Å²) >= 11 is 3.10. The molecule has 2 aromatic rings. The number of carbonyl (C=O) groups is 1. The van der Waals surface area contributed by atoms with Crippen LogP contribution in [0.2, 0.25) is 0 Å². The van der Waals surface area contributed by atoms with Gasteiger partial charge in [0, 0.05) is 11.6 Å². The first-order valence-corrected chi connectivity index (χ1v) is 9.12. The molecule has 0 atom stereocenters. The Labute approximate surface area is 142 Å². The number of carboxylic acids is 1. The summed E-state index contributed by atoms with van der Waals surface area (Å²) in [6, 6.07) is 6.66. The van der Waals surface area contributed by atoms with Crippen LogP contribution >= 0.6 is 23.3 Å². The fourth-order valence-corrected chi connectivity index (χ4v) is 4.46. The van der Waals surface area contributed by atoms with E-state index in [1.807, 2.05) is 6.20 Å². The molecule has 1 aromatic carbocycles. The molecule has 1 heterocycles. The Bertz CT molecular complexity index is 667. The van der Waals surface area contributed by atoms with E-state index >= 15 is 0 Å². The van der Waals surface area contributed by atoms with Crippen LogP contribution in [0.1, 0.15) is 25.7 Å². The van der Waals surface area contributed by atoms with E-state index in [4.69, 9.17) is 5.11 Å². The zero-order valence-electron chi connectivity index (χ0n) is 12.4. The standard InChI is InChI=1S/C16H17FN2O2S2/c17-12-5-1-10(2-6-12)15-18-9-14(22-15)23-19-13-7-3-11(4-8-13)16(20)21/h1-2,5-6,9,11,13,19H,3-4,7-8H2,(H,20,21). The molecule has 122 valence electrons. The van der Waals surface area contributed by atoms with Crippen molar-refractivity contribution in [1.82, 2.24) is 9.71 Å². The van der Waals surface area contributed by atoms with Crippen molar-refractivity contribution in [3.8, 4) is 10.6 Å². The highest BCUT2D eigenvalue weighted by Gasteiger charge is 2.25. The number of nitrogens with zero attached hydrogens (tertiary/aromatic N) is 1. The SMILES string of the molecule is O=C(O)C1CCC(NSc2cnc(-c3ccc(F)cc3)s2)CC1. The average molecular weight is 352 g/mol. The van der Waals surface area contributed by atoms with Crippen molar-refractivity contribution in [3.63, 3.8) is 0 Å². The van der Waals surface area contributed by atoms with Gasteiger partial charge < -0.3 is 5.11 Å². The van der Waals surface area contributed by atoms with Crippen molar-refractivity contribution >= 4 is 29.3 Å². The zero-order chi connectivity index (χ0) is 16.2. The van der Waals surface area contributed by atoms with Gasteiger partial charge in [-0.3, -0.25) is 9.52 Å². The second-order valence-electron chi connectivity index (χ2n) is 5.60. The maximum absolute atomic E-state index is 12.9. The smallest absolute Gasteiger partial charge is 0.306 e. The predicted octanol–water partition coefficient (Wildman–Crippen LogP) is 4.19. The van der Waals surface area contributed by atoms with Crippen LogP contribution in [0.15, 0.2) is 34.7 Å². The second kappa shape index (κ2) is 7.42. The van der Waals surface area contributed by atoms with Gasteiger partial charge in [0.15, 0.2) is 0 Å². The fourth-order valence-electron chi connectivity index (χ4n) is 2.63. The van der Waals surface area contributed by atoms with Gasteiger partial charge >= 0.3 is 5.97 Å². The van der Waals surface area contributed by atoms with Gasteiger partial charge in [-0.1, -0.05) is 0 Å². The minimum absolute atomic E-state index is 0.188. The molecule has 0 aliphatic heterocycles. The molecule has 1 aliphatic carbocycles. The maximum atomic E-state index is 12.9. The van der Waals surface area contributed by atoms with E-state index in [0.29, 0.717) is 6.04 Å². The van der Waals surface area contributed by atoms with Gasteiger partial charge in [-0.15, -0.1) is 11.3 Å². The topological polar surface area (TPSA) is 62.2 Å². The van der Waals surface area contributed by atoms with Crippen LogP contribution in [0.3, 0.4) is 0 Å². The van der Waals surface area contributed by atoms with Crippen molar-refractivity contribution in [2.24, 2.45) is 5.92 Å². The van der Waals surface area contributed by atoms with Crippen LogP contribution in [0, 0.1) is 11.7 Å². The van der Waals surface area contributed by atoms with E-state index < -0.39 is 5.97 Å². The Morgan fingerprint density at radius 2 is 1.96 bits per heavy atom. The third-order valence-corrected chi connectivity index (χ3v) is 6.08. The molecule has 1 aromatic heterocycles. The second-order valence-corrected chi connectivity index (χ2v) is 7.77. The lowest BCUT2D eigenvalue weighted by molar-refractivity contribution is -0.142. The maximum Gasteiger partial charge on any atom is 0.306 e. The molecule has 1 aliphatic rings. The Morgan fingerprint density at radius 3 is 2.61 bits per heavy atom. The molecule has 4 nitrogen and oxygen atoms in total. The van der Waals surface area contributed by atoms with Crippen molar-refractivity contribution in [1.29, 1.82) is 0 Å². The largest absolute Gasteiger partial charge is 0.481 e. The average Bonchev–Trinajstić information content (AvgIpc) is 3.03. The minimum Gasteiger partial charge on any atom is -0.481 e. The van der Waals surface area contributed by atoms with Crippen LogP contribution in [0.5, 0.6) is 0 Å². The molecule has 1 saturated carbocycles. The highest BCUT2D eigenvalue weighted by molar-refractivity contribution is 7.99. The molecule has 3 rings (SSSR count). The van der Waals surface area contributed by atoms with Crippen molar-refractivity contribution < 1.29 is 14.3 Å². The van der Waals surface area contributed by atoms with E-state index in [2.05, 4.69) is 9.71 Å². The van der Waals surface area contributed by atoms with E-state index in [9.17, 15) is 9.18 Å². The normalized spacial score (nSPS) is 21.3. The Balaban J connectivity index is 1.52. The highest BCUT2D eigenvalue weighted by atomic mass is 32.2. The van der Waals surface area contributed by atoms with Crippen LogP contribution < -0.4 is 4.72 Å². The number of aliphatic carboxylic acids is 1. The number of nitrogens with one attached hydrogen (secondary N) is 1. The molecule has 0 radical (unpaired) electrons. The minimum atomic E-state index is -0.678. The molecule has 23 heavy (non-hydrogen) atoms. The molecule has 0 amide bonds. The van der Waals surface area contributed by atoms with Gasteiger partial charge in [-0.2, -0.15) is 0 Å². The van der Waals surface area contributed by atoms with E-state index in [1.165, 1.54) is 24.1 Å². The van der Waals surface area contributed by atoms with Gasteiger partial charge in [-0.05, 0) is 61.9 Å². The molecule has 0 spiro atoms. The molecule has 0 bridgehead atoms. The summed E-state index contributed by atoms with van der Waals surface area (Å²) in [5.41, 5.74) is 0.908. The highest BCUT2D eigenvalue weighted by Crippen LogP contribution is 2.32. The van der Waals surface area contributed by atoms with E-state index in [1.54, 1.807) is 23.5 Å². The summed E-state index contributed by atoms with van der Waals surface area (Å²) in [5.74, 6) is -1.12. The lowest BCUT2D eigenvalue weighted by Crippen LogP contribution is -2.31. The lowest BCUT2D eigenvalue weighted by Gasteiger charge is -2.26. The number of thiazole rings is 1. The van der Waals surface area contributed by atoms with Gasteiger partial charge in [0.1, 0.15) is 10.8 Å². The lowest BCUT2D eigenvalue weighted by atomic mass is 9.87. The van der Waals surface area contributed by atoms with Crippen LogP contribution in [0.25, 0.3) is 10.6 Å². The van der Waals surface area contributed by atoms with Crippen LogP contribution in [-0.2, 0) is 4.79 Å². The van der Waals surface area contributed by atoms with E-state index in [-0.39, 0.29) is 11.7 Å². The zero-order valence-corrected chi connectivity index (χ0v) is 14.0. The first-order chi connectivity index (χ1) is 11.1. The van der Waals surface area contributed by atoms with Gasteiger partial charge in [0.25, 0.3) is 0 Å². The summed E-state index contributed by atoms with van der Waals surface area (Å²) in [5, 5.41) is 9.87. The third kappa shape index (κ3) is 4.31. The number of benzene rings is 1. The Kier molecular flexibility index (Phi) is 5.30. The number of hydrogen-bond acceptors (Lipinski definition) is 5. The number of halogens is 1. The van der Waals surface area contributed by atoms with Gasteiger partial charge in [0.2, 0.25) is 0 Å². The fraction of sp³-hybridized carbons (Fsp3) is 0.375. The number of hydrogen-bond donors (Lipinski definition) is 2. The van der Waals surface area contributed by atoms with Gasteiger partial charge in [0.05, 0.1) is 16.3 Å². The predicted molar refractivity (Wildman–Crippen MR) is 89.9 cm³/mol. The van der Waals surface area contributed by atoms with Crippen LogP contribution in [0.4, 0.5) is 4.39 Å². The number of aromatic nitrogens is 1. The summed E-state index contributed by atoms with van der Waals surface area (Å²) < 4.78 is 17.4. The van der Waals surface area contributed by atoms with Crippen molar-refractivity contribution in [2.75, 3.05) is 0 Å². The molecule has 7 heteroatoms. The molecule has 2 N–H and O–H groups in total. The molecule has 0 saturated heterocycles. The van der Waals surface area contributed by atoms with Gasteiger partial charge in [-0.25, -0.2) is 9.37 Å².